The highest BCUT2D eigenvalue weighted by Crippen LogP contribution is 2.16. The fourth-order valence-corrected chi connectivity index (χ4v) is 3.01. The average molecular weight is 443 g/mol. The van der Waals surface area contributed by atoms with Crippen molar-refractivity contribution in [3.63, 3.8) is 0 Å². The molecular formula is C25H21N3O5. The molecule has 8 nitrogen and oxygen atoms in total. The largest absolute Gasteiger partial charge is 0.321 e. The Labute approximate surface area is 190 Å². The third kappa shape index (κ3) is 6.20. The molecule has 0 unspecified atom stereocenters. The topological polar surface area (TPSA) is 118 Å². The van der Waals surface area contributed by atoms with Gasteiger partial charge in [-0.05, 0) is 61.9 Å². The normalized spacial score (nSPS) is 10.9. The maximum Gasteiger partial charge on any atom is 0.272 e. The Morgan fingerprint density at radius 1 is 0.909 bits per heavy atom. The summed E-state index contributed by atoms with van der Waals surface area (Å²) in [7, 11) is 0. The van der Waals surface area contributed by atoms with Crippen molar-refractivity contribution < 1.29 is 19.3 Å². The predicted molar refractivity (Wildman–Crippen MR) is 125 cm³/mol. The summed E-state index contributed by atoms with van der Waals surface area (Å²) in [5.41, 5.74) is 2.38. The van der Waals surface area contributed by atoms with Crippen LogP contribution in [0, 0.1) is 17.0 Å². The minimum absolute atomic E-state index is 0.0661. The molecule has 8 heteroatoms. The van der Waals surface area contributed by atoms with E-state index < -0.39 is 16.7 Å². The van der Waals surface area contributed by atoms with Gasteiger partial charge in [0.1, 0.15) is 5.70 Å². The Balaban J connectivity index is 1.92. The SMILES string of the molecule is CC(=O)c1cccc(NC(=O)/C(=C/c2ccc([N+](=O)[O-])cc2)NC(=O)c2cccc(C)c2)c1. The molecular weight excluding hydrogens is 422 g/mol. The van der Waals surface area contributed by atoms with Gasteiger partial charge in [-0.25, -0.2) is 0 Å². The van der Waals surface area contributed by atoms with Crippen LogP contribution in [0.3, 0.4) is 0 Å². The van der Waals surface area contributed by atoms with Crippen molar-refractivity contribution in [1.29, 1.82) is 0 Å². The van der Waals surface area contributed by atoms with Crippen molar-refractivity contribution >= 4 is 35.0 Å². The molecule has 0 saturated carbocycles. The monoisotopic (exact) mass is 443 g/mol. The van der Waals surface area contributed by atoms with Crippen LogP contribution in [0.4, 0.5) is 11.4 Å². The molecule has 3 aromatic rings. The van der Waals surface area contributed by atoms with E-state index in [2.05, 4.69) is 10.6 Å². The van der Waals surface area contributed by atoms with Gasteiger partial charge >= 0.3 is 0 Å². The third-order valence-corrected chi connectivity index (χ3v) is 4.71. The number of non-ortho nitro benzene ring substituents is 1. The number of ketones is 1. The number of carbonyl (C=O) groups is 3. The lowest BCUT2D eigenvalue weighted by Crippen LogP contribution is -2.30. The van der Waals surface area contributed by atoms with Gasteiger partial charge in [-0.3, -0.25) is 24.5 Å². The average Bonchev–Trinajstić information content (AvgIpc) is 2.79. The Morgan fingerprint density at radius 3 is 2.21 bits per heavy atom. The van der Waals surface area contributed by atoms with E-state index in [-0.39, 0.29) is 17.2 Å². The van der Waals surface area contributed by atoms with Crippen LogP contribution >= 0.6 is 0 Å². The first-order chi connectivity index (χ1) is 15.7. The third-order valence-electron chi connectivity index (χ3n) is 4.71. The number of anilines is 1. The van der Waals surface area contributed by atoms with Crippen molar-refractivity contribution in [2.75, 3.05) is 5.32 Å². The molecule has 0 fully saturated rings. The van der Waals surface area contributed by atoms with E-state index in [1.165, 1.54) is 43.3 Å². The predicted octanol–water partition coefficient (Wildman–Crippen LogP) is 4.52. The first-order valence-corrected chi connectivity index (χ1v) is 9.99. The molecule has 3 rings (SSSR count). The van der Waals surface area contributed by atoms with Crippen LogP contribution in [0.25, 0.3) is 6.08 Å². The van der Waals surface area contributed by atoms with E-state index in [0.717, 1.165) is 5.56 Å². The highest BCUT2D eigenvalue weighted by Gasteiger charge is 2.16. The van der Waals surface area contributed by atoms with Crippen LogP contribution < -0.4 is 10.6 Å². The fraction of sp³-hybridized carbons (Fsp3) is 0.0800. The highest BCUT2D eigenvalue weighted by atomic mass is 16.6. The quantitative estimate of drug-likeness (QED) is 0.241. The molecule has 2 amide bonds. The van der Waals surface area contributed by atoms with Crippen LogP contribution in [0.1, 0.15) is 38.8 Å². The van der Waals surface area contributed by atoms with Gasteiger partial charge in [-0.15, -0.1) is 0 Å². The van der Waals surface area contributed by atoms with E-state index in [9.17, 15) is 24.5 Å². The van der Waals surface area contributed by atoms with Crippen molar-refractivity contribution in [2.45, 2.75) is 13.8 Å². The summed E-state index contributed by atoms with van der Waals surface area (Å²) in [4.78, 5) is 47.8. The summed E-state index contributed by atoms with van der Waals surface area (Å²) in [5.74, 6) is -1.25. The number of rotatable bonds is 7. The van der Waals surface area contributed by atoms with E-state index in [0.29, 0.717) is 22.4 Å². The van der Waals surface area contributed by atoms with Crippen molar-refractivity contribution in [3.05, 3.63) is 111 Å². The molecule has 0 spiro atoms. The summed E-state index contributed by atoms with van der Waals surface area (Å²) in [5, 5.41) is 16.2. The van der Waals surface area contributed by atoms with Crippen molar-refractivity contribution in [3.8, 4) is 0 Å². The zero-order chi connectivity index (χ0) is 24.0. The molecule has 0 radical (unpaired) electrons. The molecule has 33 heavy (non-hydrogen) atoms. The number of Topliss-reactive ketones (excluding diaryl/α,β-unsaturated/α-hetero) is 1. The lowest BCUT2D eigenvalue weighted by molar-refractivity contribution is -0.384. The first kappa shape index (κ1) is 23.1. The highest BCUT2D eigenvalue weighted by molar-refractivity contribution is 6.11. The van der Waals surface area contributed by atoms with Crippen LogP contribution in [-0.4, -0.2) is 22.5 Å². The van der Waals surface area contributed by atoms with Crippen LogP contribution in [0.2, 0.25) is 0 Å². The van der Waals surface area contributed by atoms with E-state index in [1.807, 2.05) is 13.0 Å². The Hall–Kier alpha value is -4.59. The van der Waals surface area contributed by atoms with E-state index in [1.54, 1.807) is 36.4 Å². The molecule has 3 aromatic carbocycles. The number of nitrogens with one attached hydrogen (secondary N) is 2. The maximum absolute atomic E-state index is 13.0. The summed E-state index contributed by atoms with van der Waals surface area (Å²) < 4.78 is 0. The van der Waals surface area contributed by atoms with Gasteiger partial charge < -0.3 is 10.6 Å². The summed E-state index contributed by atoms with van der Waals surface area (Å²) in [6.45, 7) is 3.27. The second kappa shape index (κ2) is 10.1. The number of hydrogen-bond acceptors (Lipinski definition) is 5. The van der Waals surface area contributed by atoms with Gasteiger partial charge in [-0.2, -0.15) is 0 Å². The number of benzene rings is 3. The van der Waals surface area contributed by atoms with E-state index >= 15 is 0 Å². The molecule has 0 aliphatic heterocycles. The Kier molecular flexibility index (Phi) is 7.10. The van der Waals surface area contributed by atoms with Crippen LogP contribution in [0.5, 0.6) is 0 Å². The van der Waals surface area contributed by atoms with Gasteiger partial charge in [0.2, 0.25) is 0 Å². The maximum atomic E-state index is 13.0. The molecule has 0 aliphatic carbocycles. The molecule has 166 valence electrons. The minimum Gasteiger partial charge on any atom is -0.321 e. The Morgan fingerprint density at radius 2 is 1.58 bits per heavy atom. The fourth-order valence-electron chi connectivity index (χ4n) is 3.01. The minimum atomic E-state index is -0.616. The summed E-state index contributed by atoms with van der Waals surface area (Å²) >= 11 is 0. The molecule has 0 atom stereocenters. The van der Waals surface area contributed by atoms with Gasteiger partial charge in [0.15, 0.2) is 5.78 Å². The summed E-state index contributed by atoms with van der Waals surface area (Å²) in [6, 6.07) is 18.9. The molecule has 0 aromatic heterocycles. The van der Waals surface area contributed by atoms with Gasteiger partial charge in [-0.1, -0.05) is 29.8 Å². The lowest BCUT2D eigenvalue weighted by Gasteiger charge is -2.12. The number of nitro benzene ring substituents is 1. The van der Waals surface area contributed by atoms with Gasteiger partial charge in [0, 0.05) is 28.9 Å². The zero-order valence-corrected chi connectivity index (χ0v) is 18.0. The number of nitrogens with zero attached hydrogens (tertiary/aromatic N) is 1. The second-order valence-corrected chi connectivity index (χ2v) is 7.32. The Bertz CT molecular complexity index is 1260. The lowest BCUT2D eigenvalue weighted by atomic mass is 10.1. The number of aryl methyl sites for hydroxylation is 1. The second-order valence-electron chi connectivity index (χ2n) is 7.32. The van der Waals surface area contributed by atoms with Crippen molar-refractivity contribution in [1.82, 2.24) is 5.32 Å². The number of amides is 2. The summed E-state index contributed by atoms with van der Waals surface area (Å²) in [6.07, 6.45) is 1.42. The van der Waals surface area contributed by atoms with Gasteiger partial charge in [0.05, 0.1) is 4.92 Å². The molecule has 0 heterocycles. The molecule has 2 N–H and O–H groups in total. The number of hydrogen-bond donors (Lipinski definition) is 2. The molecule has 0 aliphatic rings. The van der Waals surface area contributed by atoms with E-state index in [4.69, 9.17) is 0 Å². The van der Waals surface area contributed by atoms with Crippen molar-refractivity contribution in [2.24, 2.45) is 0 Å². The zero-order valence-electron chi connectivity index (χ0n) is 18.0. The van der Waals surface area contributed by atoms with Crippen LogP contribution in [-0.2, 0) is 4.79 Å². The number of nitro groups is 1. The molecule has 0 saturated heterocycles. The standard InChI is InChI=1S/C25H21N3O5/c1-16-5-3-7-20(13-16)24(30)27-23(14-18-9-11-22(12-10-18)28(32)33)25(31)26-21-8-4-6-19(15-21)17(2)29/h3-15H,1-2H3,(H,26,31)(H,27,30)/b23-14-. The molecule has 0 bridgehead atoms. The van der Waals surface area contributed by atoms with Gasteiger partial charge in [0.25, 0.3) is 17.5 Å². The smallest absolute Gasteiger partial charge is 0.272 e. The number of carbonyl (C=O) groups excluding carboxylic acids is 3. The van der Waals surface area contributed by atoms with Crippen LogP contribution in [0.15, 0.2) is 78.5 Å². The first-order valence-electron chi connectivity index (χ1n) is 9.99.